The van der Waals surface area contributed by atoms with Crippen LogP contribution in [0.3, 0.4) is 0 Å². The van der Waals surface area contributed by atoms with Crippen LogP contribution in [0.25, 0.3) is 0 Å². The molecule has 1 fully saturated rings. The molecular formula is C23H30BClO3. The fraction of sp³-hybridized carbons (Fsp3) is 0.478. The summed E-state index contributed by atoms with van der Waals surface area (Å²) in [5.74, 6) is 0.655. The second-order valence-corrected chi connectivity index (χ2v) is 9.87. The van der Waals surface area contributed by atoms with E-state index in [4.69, 9.17) is 25.6 Å². The maximum atomic E-state index is 6.78. The lowest BCUT2D eigenvalue weighted by Crippen LogP contribution is -2.41. The minimum atomic E-state index is -0.529. The van der Waals surface area contributed by atoms with Gasteiger partial charge in [0.1, 0.15) is 12.4 Å². The molecule has 1 heterocycles. The molecule has 2 aromatic rings. The quantitative estimate of drug-likeness (QED) is 0.633. The molecule has 0 amide bonds. The highest BCUT2D eigenvalue weighted by molar-refractivity contribution is 6.66. The van der Waals surface area contributed by atoms with Crippen LogP contribution in [-0.2, 0) is 21.3 Å². The van der Waals surface area contributed by atoms with Gasteiger partial charge in [0.2, 0.25) is 0 Å². The summed E-state index contributed by atoms with van der Waals surface area (Å²) in [7, 11) is -0.529. The van der Waals surface area contributed by atoms with Gasteiger partial charge in [-0.25, -0.2) is 0 Å². The third-order valence-electron chi connectivity index (χ3n) is 5.68. The first kappa shape index (κ1) is 21.2. The predicted molar refractivity (Wildman–Crippen MR) is 117 cm³/mol. The molecule has 3 rings (SSSR count). The monoisotopic (exact) mass is 400 g/mol. The van der Waals surface area contributed by atoms with E-state index in [0.717, 1.165) is 16.6 Å². The Kier molecular flexibility index (Phi) is 5.61. The van der Waals surface area contributed by atoms with E-state index in [0.29, 0.717) is 17.4 Å². The van der Waals surface area contributed by atoms with Gasteiger partial charge in [0.25, 0.3) is 0 Å². The molecule has 0 radical (unpaired) electrons. The van der Waals surface area contributed by atoms with Gasteiger partial charge < -0.3 is 14.0 Å². The molecule has 28 heavy (non-hydrogen) atoms. The molecule has 0 aromatic heterocycles. The maximum Gasteiger partial charge on any atom is 0.496 e. The Morgan fingerprint density at radius 1 is 0.964 bits per heavy atom. The molecule has 0 atom stereocenters. The van der Waals surface area contributed by atoms with Gasteiger partial charge in [-0.3, -0.25) is 0 Å². The van der Waals surface area contributed by atoms with Crippen LogP contribution in [0.4, 0.5) is 0 Å². The smallest absolute Gasteiger partial charge is 0.487 e. The molecular weight excluding hydrogens is 371 g/mol. The van der Waals surface area contributed by atoms with Crippen molar-refractivity contribution in [2.75, 3.05) is 0 Å². The third-order valence-corrected chi connectivity index (χ3v) is 6.08. The average molecular weight is 401 g/mol. The standard InChI is InChI=1S/C23H30BClO3/c1-21(2,3)17-13-18(24-27-22(4,5)23(6,7)28-24)20(25)19(14-17)26-15-16-11-9-8-10-12-16/h8-14H,15H2,1-7H3. The number of hydrogen-bond acceptors (Lipinski definition) is 3. The van der Waals surface area contributed by atoms with Crippen LogP contribution in [0.15, 0.2) is 42.5 Å². The van der Waals surface area contributed by atoms with Crippen molar-refractivity contribution in [3.05, 3.63) is 58.6 Å². The number of halogens is 1. The van der Waals surface area contributed by atoms with Gasteiger partial charge >= 0.3 is 7.12 Å². The molecule has 3 nitrogen and oxygen atoms in total. The van der Waals surface area contributed by atoms with Crippen molar-refractivity contribution in [2.45, 2.75) is 71.7 Å². The topological polar surface area (TPSA) is 27.7 Å². The van der Waals surface area contributed by atoms with Crippen molar-refractivity contribution < 1.29 is 14.0 Å². The summed E-state index contributed by atoms with van der Waals surface area (Å²) < 4.78 is 18.6. The summed E-state index contributed by atoms with van der Waals surface area (Å²) in [6, 6.07) is 14.2. The molecule has 1 aliphatic rings. The predicted octanol–water partition coefficient (Wildman–Crippen LogP) is 5.52. The van der Waals surface area contributed by atoms with E-state index in [2.05, 4.69) is 26.8 Å². The second-order valence-electron chi connectivity index (χ2n) is 9.49. The Morgan fingerprint density at radius 3 is 2.07 bits per heavy atom. The van der Waals surface area contributed by atoms with Crippen molar-refractivity contribution in [3.8, 4) is 5.75 Å². The SMILES string of the molecule is CC(C)(C)c1cc(OCc2ccccc2)c(Cl)c(B2OC(C)(C)C(C)(C)O2)c1. The minimum Gasteiger partial charge on any atom is -0.487 e. The van der Waals surface area contributed by atoms with Crippen molar-refractivity contribution in [1.82, 2.24) is 0 Å². The molecule has 1 aliphatic heterocycles. The summed E-state index contributed by atoms with van der Waals surface area (Å²) in [5, 5.41) is 0.544. The van der Waals surface area contributed by atoms with Gasteiger partial charge in [-0.05, 0) is 50.3 Å². The van der Waals surface area contributed by atoms with Crippen LogP contribution < -0.4 is 10.2 Å². The summed E-state index contributed by atoms with van der Waals surface area (Å²) in [4.78, 5) is 0. The number of hydrogen-bond donors (Lipinski definition) is 0. The Morgan fingerprint density at radius 2 is 1.54 bits per heavy atom. The molecule has 5 heteroatoms. The molecule has 0 aliphatic carbocycles. The molecule has 1 saturated heterocycles. The van der Waals surface area contributed by atoms with Crippen LogP contribution in [0, 0.1) is 0 Å². The van der Waals surface area contributed by atoms with Gasteiger partial charge in [-0.1, -0.05) is 68.8 Å². The lowest BCUT2D eigenvalue weighted by Gasteiger charge is -2.32. The first-order chi connectivity index (χ1) is 12.9. The first-order valence-electron chi connectivity index (χ1n) is 9.77. The fourth-order valence-corrected chi connectivity index (χ4v) is 3.29. The highest BCUT2D eigenvalue weighted by atomic mass is 35.5. The van der Waals surface area contributed by atoms with E-state index in [1.54, 1.807) is 0 Å². The van der Waals surface area contributed by atoms with Gasteiger partial charge in [0.15, 0.2) is 0 Å². The molecule has 0 saturated carbocycles. The molecule has 2 aromatic carbocycles. The lowest BCUT2D eigenvalue weighted by atomic mass is 9.75. The number of ether oxygens (including phenoxy) is 1. The van der Waals surface area contributed by atoms with E-state index >= 15 is 0 Å². The highest BCUT2D eigenvalue weighted by Gasteiger charge is 2.52. The molecule has 0 bridgehead atoms. The molecule has 0 N–H and O–H groups in total. The van der Waals surface area contributed by atoms with Gasteiger partial charge in [0.05, 0.1) is 16.2 Å². The van der Waals surface area contributed by atoms with Crippen molar-refractivity contribution in [1.29, 1.82) is 0 Å². The van der Waals surface area contributed by atoms with Crippen molar-refractivity contribution in [2.24, 2.45) is 0 Å². The van der Waals surface area contributed by atoms with Crippen LogP contribution in [0.2, 0.25) is 5.02 Å². The normalized spacial score (nSPS) is 18.4. The summed E-state index contributed by atoms with van der Waals surface area (Å²) in [5.41, 5.74) is 2.12. The van der Waals surface area contributed by atoms with Gasteiger partial charge in [0, 0.05) is 5.46 Å². The third kappa shape index (κ3) is 4.24. The lowest BCUT2D eigenvalue weighted by molar-refractivity contribution is 0.00578. The van der Waals surface area contributed by atoms with E-state index in [9.17, 15) is 0 Å². The molecule has 0 spiro atoms. The Hall–Kier alpha value is -1.49. The minimum absolute atomic E-state index is 0.0617. The maximum absolute atomic E-state index is 6.78. The van der Waals surface area contributed by atoms with E-state index < -0.39 is 18.3 Å². The summed E-state index contributed by atoms with van der Waals surface area (Å²) >= 11 is 6.78. The Bertz CT molecular complexity index is 825. The van der Waals surface area contributed by atoms with E-state index in [1.807, 2.05) is 64.1 Å². The largest absolute Gasteiger partial charge is 0.496 e. The Balaban J connectivity index is 1.98. The van der Waals surface area contributed by atoms with Crippen molar-refractivity contribution in [3.63, 3.8) is 0 Å². The zero-order valence-electron chi connectivity index (χ0n) is 17.9. The highest BCUT2D eigenvalue weighted by Crippen LogP contribution is 2.39. The zero-order chi connectivity index (χ0) is 20.7. The summed E-state index contributed by atoms with van der Waals surface area (Å²) in [6.07, 6.45) is 0. The van der Waals surface area contributed by atoms with Gasteiger partial charge in [-0.2, -0.15) is 0 Å². The Labute approximate surface area is 174 Å². The van der Waals surface area contributed by atoms with Crippen LogP contribution in [-0.4, -0.2) is 18.3 Å². The fourth-order valence-electron chi connectivity index (χ4n) is 3.03. The number of benzene rings is 2. The van der Waals surface area contributed by atoms with E-state index in [-0.39, 0.29) is 5.41 Å². The van der Waals surface area contributed by atoms with E-state index in [1.165, 1.54) is 0 Å². The van der Waals surface area contributed by atoms with Crippen molar-refractivity contribution >= 4 is 24.2 Å². The number of rotatable bonds is 4. The molecule has 0 unspecified atom stereocenters. The first-order valence-corrected chi connectivity index (χ1v) is 10.1. The molecule has 150 valence electrons. The van der Waals surface area contributed by atoms with Gasteiger partial charge in [-0.15, -0.1) is 0 Å². The average Bonchev–Trinajstić information content (AvgIpc) is 2.81. The zero-order valence-corrected chi connectivity index (χ0v) is 18.7. The summed E-state index contributed by atoms with van der Waals surface area (Å²) in [6.45, 7) is 15.1. The second kappa shape index (κ2) is 7.40. The van der Waals surface area contributed by atoms with Crippen LogP contribution in [0.1, 0.15) is 59.6 Å². The van der Waals surface area contributed by atoms with Crippen LogP contribution >= 0.6 is 11.6 Å². The van der Waals surface area contributed by atoms with Crippen LogP contribution in [0.5, 0.6) is 5.75 Å².